The standard InChI is InChI=1S/C47H77O8P/c1-3-5-7-9-11-13-15-17-19-21-23-25-27-29-31-33-35-37-39-41-46(48)53-43-45(44-54-56(50,51)52)55-47(49)42-40-38-36-34-32-30-28-26-24-22-20-18-16-14-12-10-8-6-4-2/h11-14,17-20,23-26,29-32,45H,3-10,15-16,21-22,27-28,33-44H2,1-2H3,(H2,50,51,52)/b13-11-,14-12-,19-17-,20-18-,25-23-,26-24-,31-29-,32-30-/t45-/m1/s1. The minimum atomic E-state index is -4.78. The molecule has 0 unspecified atom stereocenters. The SMILES string of the molecule is CCCCC/C=C\C/C=C\C/C=C\C/C=C\CCCCCC(=O)OC[C@H](COP(=O)(O)O)OC(=O)CCCCC/C=C\C/C=C\C/C=C\C/C=C\CCCCC. The summed E-state index contributed by atoms with van der Waals surface area (Å²) in [6.45, 7) is 3.56. The van der Waals surface area contributed by atoms with Crippen molar-refractivity contribution in [2.24, 2.45) is 0 Å². The topological polar surface area (TPSA) is 119 Å². The lowest BCUT2D eigenvalue weighted by atomic mass is 10.1. The van der Waals surface area contributed by atoms with E-state index in [1.165, 1.54) is 51.4 Å². The first-order valence-electron chi connectivity index (χ1n) is 21.5. The summed E-state index contributed by atoms with van der Waals surface area (Å²) in [4.78, 5) is 42.9. The number of phosphoric ester groups is 1. The molecule has 0 saturated carbocycles. The molecule has 56 heavy (non-hydrogen) atoms. The van der Waals surface area contributed by atoms with Crippen molar-refractivity contribution >= 4 is 19.8 Å². The fourth-order valence-electron chi connectivity index (χ4n) is 5.34. The summed E-state index contributed by atoms with van der Waals surface area (Å²) in [5, 5.41) is 0. The van der Waals surface area contributed by atoms with E-state index in [-0.39, 0.29) is 19.4 Å². The van der Waals surface area contributed by atoms with Gasteiger partial charge in [0.15, 0.2) is 6.10 Å². The molecule has 0 heterocycles. The monoisotopic (exact) mass is 801 g/mol. The van der Waals surface area contributed by atoms with Crippen LogP contribution in [0.15, 0.2) is 97.2 Å². The number of ether oxygens (including phenoxy) is 2. The van der Waals surface area contributed by atoms with Crippen LogP contribution < -0.4 is 0 Å². The summed E-state index contributed by atoms with van der Waals surface area (Å²) in [5.74, 6) is -0.966. The molecule has 1 atom stereocenters. The Kier molecular flexibility index (Phi) is 39.3. The Morgan fingerprint density at radius 2 is 0.804 bits per heavy atom. The van der Waals surface area contributed by atoms with Crippen LogP contribution in [0.2, 0.25) is 0 Å². The Morgan fingerprint density at radius 1 is 0.464 bits per heavy atom. The maximum atomic E-state index is 12.4. The largest absolute Gasteiger partial charge is 0.469 e. The van der Waals surface area contributed by atoms with Crippen molar-refractivity contribution in [2.45, 2.75) is 174 Å². The summed E-state index contributed by atoms with van der Waals surface area (Å²) < 4.78 is 26.4. The van der Waals surface area contributed by atoms with Gasteiger partial charge in [-0.05, 0) is 103 Å². The van der Waals surface area contributed by atoms with E-state index in [4.69, 9.17) is 19.3 Å². The van der Waals surface area contributed by atoms with Crippen molar-refractivity contribution in [1.82, 2.24) is 0 Å². The summed E-state index contributed by atoms with van der Waals surface area (Å²) >= 11 is 0. The van der Waals surface area contributed by atoms with E-state index < -0.39 is 32.5 Å². The highest BCUT2D eigenvalue weighted by Crippen LogP contribution is 2.36. The second kappa shape index (κ2) is 41.6. The van der Waals surface area contributed by atoms with Crippen LogP contribution in [-0.4, -0.2) is 41.0 Å². The van der Waals surface area contributed by atoms with Crippen molar-refractivity contribution in [2.75, 3.05) is 13.2 Å². The second-order valence-corrected chi connectivity index (χ2v) is 15.2. The second-order valence-electron chi connectivity index (χ2n) is 14.0. The third kappa shape index (κ3) is 43.7. The number of carbonyl (C=O) groups excluding carboxylic acids is 2. The van der Waals surface area contributed by atoms with Gasteiger partial charge in [-0.3, -0.25) is 14.1 Å². The first-order valence-corrected chi connectivity index (χ1v) is 23.1. The van der Waals surface area contributed by atoms with Crippen LogP contribution in [0, 0.1) is 0 Å². The molecule has 0 saturated heterocycles. The molecule has 0 rings (SSSR count). The first kappa shape index (κ1) is 53.0. The summed E-state index contributed by atoms with van der Waals surface area (Å²) in [7, 11) is -4.78. The van der Waals surface area contributed by atoms with Gasteiger partial charge in [-0.25, -0.2) is 4.57 Å². The molecule has 0 aliphatic carbocycles. The number of allylic oxidation sites excluding steroid dienone is 16. The molecule has 0 aliphatic heterocycles. The summed E-state index contributed by atoms with van der Waals surface area (Å²) in [5.41, 5.74) is 0. The van der Waals surface area contributed by atoms with E-state index in [1.807, 2.05) is 0 Å². The van der Waals surface area contributed by atoms with E-state index in [0.717, 1.165) is 77.0 Å². The summed E-state index contributed by atoms with van der Waals surface area (Å²) in [6, 6.07) is 0. The molecule has 0 amide bonds. The van der Waals surface area contributed by atoms with Crippen molar-refractivity contribution in [1.29, 1.82) is 0 Å². The van der Waals surface area contributed by atoms with Crippen LogP contribution in [-0.2, 0) is 28.2 Å². The average Bonchev–Trinajstić information content (AvgIpc) is 3.17. The lowest BCUT2D eigenvalue weighted by Gasteiger charge is -2.18. The summed E-state index contributed by atoms with van der Waals surface area (Å²) in [6.07, 6.45) is 56.9. The number of rotatable bonds is 38. The number of esters is 2. The maximum Gasteiger partial charge on any atom is 0.469 e. The van der Waals surface area contributed by atoms with Crippen LogP contribution >= 0.6 is 7.82 Å². The van der Waals surface area contributed by atoms with Gasteiger partial charge in [0.05, 0.1) is 6.61 Å². The average molecular weight is 801 g/mol. The Balaban J connectivity index is 4.08. The van der Waals surface area contributed by atoms with Gasteiger partial charge in [-0.2, -0.15) is 0 Å². The number of hydrogen-bond donors (Lipinski definition) is 2. The minimum absolute atomic E-state index is 0.161. The molecule has 0 aliphatic rings. The highest BCUT2D eigenvalue weighted by Gasteiger charge is 2.22. The lowest BCUT2D eigenvalue weighted by molar-refractivity contribution is -0.161. The zero-order chi connectivity index (χ0) is 41.1. The van der Waals surface area contributed by atoms with Gasteiger partial charge in [0.2, 0.25) is 0 Å². The first-order chi connectivity index (χ1) is 27.3. The number of unbranched alkanes of at least 4 members (excludes halogenated alkanes) is 12. The van der Waals surface area contributed by atoms with Gasteiger partial charge in [0.1, 0.15) is 6.61 Å². The molecule has 0 aromatic carbocycles. The molecule has 318 valence electrons. The molecule has 0 aromatic heterocycles. The lowest BCUT2D eigenvalue weighted by Crippen LogP contribution is -2.29. The van der Waals surface area contributed by atoms with E-state index in [2.05, 4.69) is 116 Å². The molecule has 9 heteroatoms. The Labute approximate surface area is 341 Å². The molecule has 0 radical (unpaired) electrons. The van der Waals surface area contributed by atoms with Crippen LogP contribution in [0.5, 0.6) is 0 Å². The molecule has 2 N–H and O–H groups in total. The highest BCUT2D eigenvalue weighted by atomic mass is 31.2. The fourth-order valence-corrected chi connectivity index (χ4v) is 5.70. The predicted molar refractivity (Wildman–Crippen MR) is 234 cm³/mol. The molecule has 0 bridgehead atoms. The molecule has 0 aromatic rings. The normalized spacial score (nSPS) is 13.4. The number of phosphoric acid groups is 1. The van der Waals surface area contributed by atoms with Gasteiger partial charge in [0.25, 0.3) is 0 Å². The van der Waals surface area contributed by atoms with Crippen molar-refractivity contribution in [3.8, 4) is 0 Å². The zero-order valence-corrected chi connectivity index (χ0v) is 35.9. The molecule has 0 spiro atoms. The van der Waals surface area contributed by atoms with Crippen LogP contribution in [0.3, 0.4) is 0 Å². The molecule has 8 nitrogen and oxygen atoms in total. The van der Waals surface area contributed by atoms with Crippen molar-refractivity contribution in [3.63, 3.8) is 0 Å². The Bertz CT molecular complexity index is 1220. The number of carbonyl (C=O) groups is 2. The Morgan fingerprint density at radius 3 is 1.16 bits per heavy atom. The van der Waals surface area contributed by atoms with Gasteiger partial charge in [0, 0.05) is 12.8 Å². The minimum Gasteiger partial charge on any atom is -0.462 e. The van der Waals surface area contributed by atoms with E-state index in [9.17, 15) is 14.2 Å². The van der Waals surface area contributed by atoms with Gasteiger partial charge in [-0.1, -0.05) is 150 Å². The molecular weight excluding hydrogens is 723 g/mol. The third-order valence-electron chi connectivity index (χ3n) is 8.58. The predicted octanol–water partition coefficient (Wildman–Crippen LogP) is 13.4. The Hall–Kier alpha value is -3.03. The van der Waals surface area contributed by atoms with E-state index >= 15 is 0 Å². The van der Waals surface area contributed by atoms with E-state index in [1.54, 1.807) is 0 Å². The van der Waals surface area contributed by atoms with Gasteiger partial charge in [-0.15, -0.1) is 0 Å². The third-order valence-corrected chi connectivity index (χ3v) is 9.06. The van der Waals surface area contributed by atoms with Gasteiger partial charge >= 0.3 is 19.8 Å². The van der Waals surface area contributed by atoms with Crippen LogP contribution in [0.4, 0.5) is 0 Å². The highest BCUT2D eigenvalue weighted by molar-refractivity contribution is 7.46. The fraction of sp³-hybridized carbons (Fsp3) is 0.617. The number of hydrogen-bond acceptors (Lipinski definition) is 6. The van der Waals surface area contributed by atoms with Crippen molar-refractivity contribution in [3.05, 3.63) is 97.2 Å². The van der Waals surface area contributed by atoms with E-state index in [0.29, 0.717) is 12.8 Å². The van der Waals surface area contributed by atoms with Crippen LogP contribution in [0.25, 0.3) is 0 Å². The van der Waals surface area contributed by atoms with Crippen LogP contribution in [0.1, 0.15) is 168 Å². The quantitative estimate of drug-likeness (QED) is 0.0274. The zero-order valence-electron chi connectivity index (χ0n) is 35.0. The van der Waals surface area contributed by atoms with Gasteiger partial charge < -0.3 is 19.3 Å². The maximum absolute atomic E-state index is 12.4. The molecular formula is C47H77O8P. The van der Waals surface area contributed by atoms with Crippen molar-refractivity contribution < 1.29 is 37.9 Å². The molecule has 0 fully saturated rings. The smallest absolute Gasteiger partial charge is 0.462 e.